The zero-order valence-corrected chi connectivity index (χ0v) is 11.9. The van der Waals surface area contributed by atoms with E-state index in [4.69, 9.17) is 28.6 Å². The highest BCUT2D eigenvalue weighted by Gasteiger charge is 1.98. The van der Waals surface area contributed by atoms with Crippen molar-refractivity contribution in [1.82, 2.24) is 10.7 Å². The van der Waals surface area contributed by atoms with Gasteiger partial charge in [0.05, 0.1) is 12.3 Å². The molecular formula is C12H16ClN3OS. The predicted molar refractivity (Wildman–Crippen MR) is 79.3 cm³/mol. The molecule has 0 bridgehead atoms. The van der Waals surface area contributed by atoms with Gasteiger partial charge in [0.25, 0.3) is 0 Å². The lowest BCUT2D eigenvalue weighted by molar-refractivity contribution is 0.204. The molecule has 0 aliphatic carbocycles. The van der Waals surface area contributed by atoms with Crippen LogP contribution in [0.4, 0.5) is 0 Å². The van der Waals surface area contributed by atoms with Crippen LogP contribution >= 0.6 is 23.8 Å². The monoisotopic (exact) mass is 285 g/mol. The van der Waals surface area contributed by atoms with E-state index in [1.54, 1.807) is 7.11 Å². The summed E-state index contributed by atoms with van der Waals surface area (Å²) in [4.78, 5) is 0. The number of hydrazone groups is 1. The first-order chi connectivity index (χ1) is 8.63. The van der Waals surface area contributed by atoms with Crippen LogP contribution < -0.4 is 10.7 Å². The molecule has 2 N–H and O–H groups in total. The van der Waals surface area contributed by atoms with E-state index in [-0.39, 0.29) is 0 Å². The highest BCUT2D eigenvalue weighted by molar-refractivity contribution is 7.80. The Labute approximate surface area is 117 Å². The average molecular weight is 286 g/mol. The zero-order chi connectivity index (χ0) is 13.4. The van der Waals surface area contributed by atoms with Gasteiger partial charge in [-0.05, 0) is 36.8 Å². The summed E-state index contributed by atoms with van der Waals surface area (Å²) in [6.45, 7) is 3.15. The minimum Gasteiger partial charge on any atom is -0.383 e. The average Bonchev–Trinajstić information content (AvgIpc) is 2.37. The molecule has 0 aromatic heterocycles. The summed E-state index contributed by atoms with van der Waals surface area (Å²) >= 11 is 10.9. The number of benzene rings is 1. The van der Waals surface area contributed by atoms with Crippen LogP contribution in [0.3, 0.4) is 0 Å². The highest BCUT2D eigenvalue weighted by atomic mass is 35.5. The largest absolute Gasteiger partial charge is 0.383 e. The third kappa shape index (κ3) is 5.44. The fourth-order valence-corrected chi connectivity index (χ4v) is 1.47. The van der Waals surface area contributed by atoms with Gasteiger partial charge in [0.2, 0.25) is 0 Å². The molecular weight excluding hydrogens is 270 g/mol. The zero-order valence-electron chi connectivity index (χ0n) is 10.4. The van der Waals surface area contributed by atoms with E-state index in [1.807, 2.05) is 31.2 Å². The molecule has 0 aliphatic heterocycles. The van der Waals surface area contributed by atoms with Crippen molar-refractivity contribution in [3.63, 3.8) is 0 Å². The van der Waals surface area contributed by atoms with Gasteiger partial charge in [-0.3, -0.25) is 5.43 Å². The Hall–Kier alpha value is -1.17. The van der Waals surface area contributed by atoms with E-state index in [1.165, 1.54) is 0 Å². The van der Waals surface area contributed by atoms with Gasteiger partial charge in [-0.15, -0.1) is 0 Å². The van der Waals surface area contributed by atoms with Crippen LogP contribution in [0.25, 0.3) is 0 Å². The van der Waals surface area contributed by atoms with Crippen molar-refractivity contribution >= 4 is 34.6 Å². The highest BCUT2D eigenvalue weighted by Crippen LogP contribution is 2.09. The maximum atomic E-state index is 5.82. The fourth-order valence-electron chi connectivity index (χ4n) is 1.20. The van der Waals surface area contributed by atoms with E-state index < -0.39 is 0 Å². The topological polar surface area (TPSA) is 45.6 Å². The first-order valence-electron chi connectivity index (χ1n) is 5.46. The Morgan fingerprint density at radius 3 is 2.67 bits per heavy atom. The molecule has 0 aliphatic rings. The van der Waals surface area contributed by atoms with Gasteiger partial charge in [-0.25, -0.2) is 0 Å². The molecule has 98 valence electrons. The van der Waals surface area contributed by atoms with Crippen LogP contribution in [0.5, 0.6) is 0 Å². The molecule has 1 rings (SSSR count). The van der Waals surface area contributed by atoms with Gasteiger partial charge in [0.15, 0.2) is 5.11 Å². The van der Waals surface area contributed by atoms with Gasteiger partial charge >= 0.3 is 0 Å². The number of rotatable bonds is 5. The molecule has 0 unspecified atom stereocenters. The molecule has 0 radical (unpaired) electrons. The number of halogens is 1. The van der Waals surface area contributed by atoms with Gasteiger partial charge in [-0.2, -0.15) is 5.10 Å². The maximum absolute atomic E-state index is 5.82. The van der Waals surface area contributed by atoms with Crippen molar-refractivity contribution in [3.05, 3.63) is 34.9 Å². The molecule has 0 amide bonds. The van der Waals surface area contributed by atoms with E-state index in [2.05, 4.69) is 15.8 Å². The summed E-state index contributed by atoms with van der Waals surface area (Å²) in [5.74, 6) is 0. The minimum atomic E-state index is 0.473. The minimum absolute atomic E-state index is 0.473. The third-order valence-electron chi connectivity index (χ3n) is 2.18. The predicted octanol–water partition coefficient (Wildman–Crippen LogP) is 2.17. The van der Waals surface area contributed by atoms with Crippen LogP contribution in [-0.2, 0) is 4.74 Å². The van der Waals surface area contributed by atoms with Crippen LogP contribution in [0.2, 0.25) is 5.02 Å². The van der Waals surface area contributed by atoms with Gasteiger partial charge < -0.3 is 10.1 Å². The van der Waals surface area contributed by atoms with Gasteiger partial charge in [0, 0.05) is 18.7 Å². The summed E-state index contributed by atoms with van der Waals surface area (Å²) in [7, 11) is 1.64. The molecule has 1 aromatic rings. The summed E-state index contributed by atoms with van der Waals surface area (Å²) < 4.78 is 4.90. The molecule has 6 heteroatoms. The third-order valence-corrected chi connectivity index (χ3v) is 2.67. The van der Waals surface area contributed by atoms with Crippen molar-refractivity contribution in [1.29, 1.82) is 0 Å². The van der Waals surface area contributed by atoms with Crippen LogP contribution in [0, 0.1) is 0 Å². The Balaban J connectivity index is 2.46. The standard InChI is InChI=1S/C12H16ClN3OS/c1-9(10-3-5-11(13)6-4-10)15-16-12(18)14-7-8-17-2/h3-6H,7-8H2,1-2H3,(H2,14,16,18). The van der Waals surface area contributed by atoms with Crippen molar-refractivity contribution in [2.24, 2.45) is 5.10 Å². The number of nitrogens with one attached hydrogen (secondary N) is 2. The molecule has 0 atom stereocenters. The first kappa shape index (κ1) is 14.9. The molecule has 0 saturated heterocycles. The Morgan fingerprint density at radius 1 is 1.39 bits per heavy atom. The molecule has 4 nitrogen and oxygen atoms in total. The van der Waals surface area contributed by atoms with Crippen LogP contribution in [-0.4, -0.2) is 31.1 Å². The number of methoxy groups -OCH3 is 1. The Kier molecular flexibility index (Phi) is 6.64. The van der Waals surface area contributed by atoms with Crippen molar-refractivity contribution < 1.29 is 4.74 Å². The lowest BCUT2D eigenvalue weighted by Crippen LogP contribution is -2.34. The van der Waals surface area contributed by atoms with Crippen molar-refractivity contribution in [3.8, 4) is 0 Å². The Bertz CT molecular complexity index is 420. The number of nitrogens with zero attached hydrogens (tertiary/aromatic N) is 1. The quantitative estimate of drug-likeness (QED) is 0.377. The molecule has 1 aromatic carbocycles. The van der Waals surface area contributed by atoms with Gasteiger partial charge in [-0.1, -0.05) is 23.7 Å². The van der Waals surface area contributed by atoms with Crippen molar-refractivity contribution in [2.75, 3.05) is 20.3 Å². The Morgan fingerprint density at radius 2 is 2.06 bits per heavy atom. The second-order valence-electron chi connectivity index (χ2n) is 3.56. The van der Waals surface area contributed by atoms with Crippen molar-refractivity contribution in [2.45, 2.75) is 6.92 Å². The molecule has 0 saturated carbocycles. The van der Waals surface area contributed by atoms with Crippen LogP contribution in [0.1, 0.15) is 12.5 Å². The number of ether oxygens (including phenoxy) is 1. The number of thiocarbonyl (C=S) groups is 1. The lowest BCUT2D eigenvalue weighted by Gasteiger charge is -2.07. The second kappa shape index (κ2) is 8.02. The van der Waals surface area contributed by atoms with Gasteiger partial charge in [0.1, 0.15) is 0 Å². The summed E-state index contributed by atoms with van der Waals surface area (Å²) in [6, 6.07) is 7.46. The summed E-state index contributed by atoms with van der Waals surface area (Å²) in [5, 5.41) is 8.33. The SMILES string of the molecule is COCCNC(=S)NN=C(C)c1ccc(Cl)cc1. The fraction of sp³-hybridized carbons (Fsp3) is 0.333. The smallest absolute Gasteiger partial charge is 0.187 e. The van der Waals surface area contributed by atoms with E-state index in [9.17, 15) is 0 Å². The molecule has 18 heavy (non-hydrogen) atoms. The summed E-state index contributed by atoms with van der Waals surface area (Å²) in [6.07, 6.45) is 0. The van der Waals surface area contributed by atoms with E-state index >= 15 is 0 Å². The number of hydrogen-bond acceptors (Lipinski definition) is 3. The lowest BCUT2D eigenvalue weighted by atomic mass is 10.1. The molecule has 0 spiro atoms. The van der Waals surface area contributed by atoms with E-state index in [0.717, 1.165) is 11.3 Å². The first-order valence-corrected chi connectivity index (χ1v) is 6.25. The molecule has 0 heterocycles. The second-order valence-corrected chi connectivity index (χ2v) is 4.41. The number of hydrogen-bond donors (Lipinski definition) is 2. The maximum Gasteiger partial charge on any atom is 0.187 e. The molecule has 0 fully saturated rings. The van der Waals surface area contributed by atoms with E-state index in [0.29, 0.717) is 23.3 Å². The summed E-state index contributed by atoms with van der Waals surface area (Å²) in [5.41, 5.74) is 4.60. The van der Waals surface area contributed by atoms with Crippen LogP contribution in [0.15, 0.2) is 29.4 Å². The normalized spacial score (nSPS) is 11.2.